The third kappa shape index (κ3) is 5.53. The van der Waals surface area contributed by atoms with Gasteiger partial charge in [-0.05, 0) is 48.5 Å². The minimum absolute atomic E-state index is 0.0174. The summed E-state index contributed by atoms with van der Waals surface area (Å²) in [6.45, 7) is 12.1. The van der Waals surface area contributed by atoms with Crippen LogP contribution >= 0.6 is 11.6 Å². The number of hydrogen-bond acceptors (Lipinski definition) is 5. The highest BCUT2D eigenvalue weighted by Crippen LogP contribution is 2.36. The third-order valence-electron chi connectivity index (χ3n) is 6.65. The van der Waals surface area contributed by atoms with E-state index in [1.807, 2.05) is 35.0 Å². The first-order chi connectivity index (χ1) is 17.0. The minimum atomic E-state index is -1.84. The van der Waals surface area contributed by atoms with Crippen molar-refractivity contribution in [3.63, 3.8) is 0 Å². The molecule has 1 amide bonds. The maximum absolute atomic E-state index is 13.5. The molecule has 36 heavy (non-hydrogen) atoms. The van der Waals surface area contributed by atoms with Gasteiger partial charge < -0.3 is 18.8 Å². The smallest absolute Gasteiger partial charge is 0.258 e. The van der Waals surface area contributed by atoms with Crippen molar-refractivity contribution in [3.8, 4) is 22.8 Å². The summed E-state index contributed by atoms with van der Waals surface area (Å²) in [5.74, 6) is 0.0221. The van der Waals surface area contributed by atoms with Crippen molar-refractivity contribution < 1.29 is 18.1 Å². The van der Waals surface area contributed by atoms with E-state index >= 15 is 0 Å². The van der Waals surface area contributed by atoms with Crippen LogP contribution in [0.1, 0.15) is 20.8 Å². The Balaban J connectivity index is 1.44. The molecule has 2 heterocycles. The lowest BCUT2D eigenvalue weighted by Crippen LogP contribution is -2.43. The molecule has 1 N–H and O–H groups in total. The molecule has 4 aromatic rings. The van der Waals surface area contributed by atoms with E-state index in [2.05, 4.69) is 49.3 Å². The van der Waals surface area contributed by atoms with Crippen molar-refractivity contribution in [1.82, 2.24) is 20.0 Å². The van der Waals surface area contributed by atoms with Gasteiger partial charge in [0.25, 0.3) is 5.89 Å². The second-order valence-electron chi connectivity index (χ2n) is 10.2. The van der Waals surface area contributed by atoms with Gasteiger partial charge in [-0.1, -0.05) is 49.7 Å². The fourth-order valence-electron chi connectivity index (χ4n) is 3.56. The maximum atomic E-state index is 13.5. The number of fused-ring (bicyclic) bond motifs is 1. The van der Waals surface area contributed by atoms with Crippen LogP contribution in [0.4, 0.5) is 4.39 Å². The molecule has 2 aromatic carbocycles. The van der Waals surface area contributed by atoms with Crippen LogP contribution in [-0.4, -0.2) is 42.1 Å². The van der Waals surface area contributed by atoms with Crippen LogP contribution in [0.3, 0.4) is 0 Å². The van der Waals surface area contributed by atoms with E-state index in [-0.39, 0.29) is 28.4 Å². The van der Waals surface area contributed by atoms with Crippen LogP contribution in [0.25, 0.3) is 33.7 Å². The van der Waals surface area contributed by atoms with Crippen molar-refractivity contribution in [2.45, 2.75) is 45.4 Å². The molecular formula is C26H30ClFN4O3Si. The number of hydrogen-bond donors (Lipinski definition) is 1. The van der Waals surface area contributed by atoms with Crippen molar-refractivity contribution in [3.05, 3.63) is 59.5 Å². The lowest BCUT2D eigenvalue weighted by molar-refractivity contribution is -0.121. The number of amides is 1. The van der Waals surface area contributed by atoms with E-state index in [1.54, 1.807) is 0 Å². The van der Waals surface area contributed by atoms with Crippen molar-refractivity contribution in [2.75, 3.05) is 13.2 Å². The van der Waals surface area contributed by atoms with Gasteiger partial charge in [-0.25, -0.2) is 4.39 Å². The van der Waals surface area contributed by atoms with Gasteiger partial charge in [0, 0.05) is 34.8 Å². The molecule has 0 unspecified atom stereocenters. The zero-order valence-electron chi connectivity index (χ0n) is 21.1. The molecule has 0 saturated heterocycles. The van der Waals surface area contributed by atoms with Gasteiger partial charge in [-0.3, -0.25) is 4.79 Å². The third-order valence-corrected chi connectivity index (χ3v) is 11.5. The minimum Gasteiger partial charge on any atom is -0.415 e. The summed E-state index contributed by atoms with van der Waals surface area (Å²) in [6, 6.07) is 11.9. The first-order valence-corrected chi connectivity index (χ1v) is 15.0. The van der Waals surface area contributed by atoms with Gasteiger partial charge in [0.1, 0.15) is 12.4 Å². The van der Waals surface area contributed by atoms with Gasteiger partial charge in [-0.15, -0.1) is 0 Å². The van der Waals surface area contributed by atoms with E-state index in [0.29, 0.717) is 24.5 Å². The predicted molar refractivity (Wildman–Crippen MR) is 142 cm³/mol. The van der Waals surface area contributed by atoms with Crippen molar-refractivity contribution in [2.24, 2.45) is 0 Å². The van der Waals surface area contributed by atoms with Crippen LogP contribution in [0, 0.1) is 5.82 Å². The zero-order chi connectivity index (χ0) is 26.1. The van der Waals surface area contributed by atoms with E-state index < -0.39 is 14.1 Å². The Bertz CT molecular complexity index is 1390. The molecule has 190 valence electrons. The predicted octanol–water partition coefficient (Wildman–Crippen LogP) is 6.29. The Hall–Kier alpha value is -3.01. The van der Waals surface area contributed by atoms with Gasteiger partial charge in [-0.2, -0.15) is 4.98 Å². The van der Waals surface area contributed by atoms with Crippen LogP contribution in [0.5, 0.6) is 0 Å². The largest absolute Gasteiger partial charge is 0.415 e. The van der Waals surface area contributed by atoms with Crippen LogP contribution in [0.2, 0.25) is 23.2 Å². The maximum Gasteiger partial charge on any atom is 0.258 e. The number of aromatic nitrogens is 3. The highest BCUT2D eigenvalue weighted by Gasteiger charge is 2.36. The standard InChI is InChI=1S/C26H30ClFN4O3Si/c1-26(2,3)36(4,5)34-14-12-29-23(33)16-32-13-11-18-19(7-6-8-22(18)32)24-30-25(35-31-24)17-9-10-21(28)20(27)15-17/h6-11,13,15H,12,14,16H2,1-5H3,(H,29,33). The Morgan fingerprint density at radius 1 is 1.22 bits per heavy atom. The first kappa shape index (κ1) is 26.1. The van der Waals surface area contributed by atoms with Crippen LogP contribution < -0.4 is 5.32 Å². The van der Waals surface area contributed by atoms with Crippen molar-refractivity contribution in [1.29, 1.82) is 0 Å². The summed E-state index contributed by atoms with van der Waals surface area (Å²) in [5, 5.41) is 8.04. The number of carbonyl (C=O) groups excluding carboxylic acids is 1. The van der Waals surface area contributed by atoms with Crippen LogP contribution in [-0.2, 0) is 15.8 Å². The Morgan fingerprint density at radius 2 is 2.00 bits per heavy atom. The molecule has 0 aliphatic carbocycles. The molecule has 0 bridgehead atoms. The second kappa shape index (κ2) is 10.2. The molecule has 10 heteroatoms. The number of carbonyl (C=O) groups is 1. The first-order valence-electron chi connectivity index (χ1n) is 11.7. The van der Waals surface area contributed by atoms with Gasteiger partial charge in [0.15, 0.2) is 8.32 Å². The molecule has 0 saturated carbocycles. The Kier molecular flexibility index (Phi) is 7.35. The summed E-state index contributed by atoms with van der Waals surface area (Å²) in [4.78, 5) is 17.1. The SMILES string of the molecule is CC(C)(C)[Si](C)(C)OCCNC(=O)Cn1ccc2c(-c3noc(-c4ccc(F)c(Cl)c4)n3)cccc21. The van der Waals surface area contributed by atoms with Gasteiger partial charge in [0.05, 0.1) is 11.6 Å². The van der Waals surface area contributed by atoms with Crippen LogP contribution in [0.15, 0.2) is 53.2 Å². The highest BCUT2D eigenvalue weighted by molar-refractivity contribution is 6.74. The fraction of sp³-hybridized carbons (Fsp3) is 0.346. The van der Waals surface area contributed by atoms with E-state index in [0.717, 1.165) is 16.5 Å². The normalized spacial score (nSPS) is 12.3. The van der Waals surface area contributed by atoms with Gasteiger partial charge in [0.2, 0.25) is 11.7 Å². The van der Waals surface area contributed by atoms with E-state index in [9.17, 15) is 9.18 Å². The average molecular weight is 529 g/mol. The fourth-order valence-corrected chi connectivity index (χ4v) is 4.79. The topological polar surface area (TPSA) is 82.2 Å². The summed E-state index contributed by atoms with van der Waals surface area (Å²) in [7, 11) is -1.84. The summed E-state index contributed by atoms with van der Waals surface area (Å²) >= 11 is 5.88. The monoisotopic (exact) mass is 528 g/mol. The summed E-state index contributed by atoms with van der Waals surface area (Å²) < 4.78 is 26.9. The average Bonchev–Trinajstić information content (AvgIpc) is 3.46. The molecule has 2 aromatic heterocycles. The molecule has 0 spiro atoms. The Labute approximate surface area is 215 Å². The zero-order valence-corrected chi connectivity index (χ0v) is 22.8. The van der Waals surface area contributed by atoms with E-state index in [4.69, 9.17) is 20.6 Å². The number of nitrogens with one attached hydrogen (secondary N) is 1. The number of rotatable bonds is 8. The molecular weight excluding hydrogens is 499 g/mol. The molecule has 0 aliphatic heterocycles. The molecule has 0 atom stereocenters. The van der Waals surface area contributed by atoms with Gasteiger partial charge >= 0.3 is 0 Å². The quantitative estimate of drug-likeness (QED) is 0.215. The lowest BCUT2D eigenvalue weighted by Gasteiger charge is -2.36. The number of benzene rings is 2. The number of halogens is 2. The molecule has 0 aliphatic rings. The van der Waals surface area contributed by atoms with E-state index in [1.165, 1.54) is 18.2 Å². The lowest BCUT2D eigenvalue weighted by atomic mass is 10.1. The van der Waals surface area contributed by atoms with Crippen molar-refractivity contribution >= 4 is 36.7 Å². The molecule has 4 rings (SSSR count). The summed E-state index contributed by atoms with van der Waals surface area (Å²) in [5.41, 5.74) is 2.16. The Morgan fingerprint density at radius 3 is 2.72 bits per heavy atom. The molecule has 7 nitrogen and oxygen atoms in total. The second-order valence-corrected chi connectivity index (χ2v) is 15.4. The highest BCUT2D eigenvalue weighted by atomic mass is 35.5. The summed E-state index contributed by atoms with van der Waals surface area (Å²) in [6.07, 6.45) is 1.86. The molecule has 0 fully saturated rings. The molecule has 0 radical (unpaired) electrons. The number of nitrogens with zero attached hydrogens (tertiary/aromatic N) is 3.